The molecular formula is C23H37IN4O. The van der Waals surface area contributed by atoms with E-state index in [-0.39, 0.29) is 29.9 Å². The number of guanidine groups is 1. The lowest BCUT2D eigenvalue weighted by Crippen LogP contribution is -2.39. The first-order chi connectivity index (χ1) is 13.6. The van der Waals surface area contributed by atoms with Crippen molar-refractivity contribution in [1.29, 1.82) is 0 Å². The lowest BCUT2D eigenvalue weighted by molar-refractivity contribution is -0.128. The van der Waals surface area contributed by atoms with Crippen LogP contribution in [0.15, 0.2) is 41.9 Å². The first-order valence-electron chi connectivity index (χ1n) is 10.6. The van der Waals surface area contributed by atoms with Crippen molar-refractivity contribution in [2.24, 2.45) is 4.99 Å². The molecule has 1 aromatic rings. The number of carbonyl (C=O) groups excluding carboxylic acids is 1. The van der Waals surface area contributed by atoms with Crippen LogP contribution in [0.1, 0.15) is 56.6 Å². The van der Waals surface area contributed by atoms with Crippen LogP contribution in [0.2, 0.25) is 0 Å². The standard InChI is InChI=1S/C23H36N4O.HI/c1-4-6-7-8-9-16-26(3)23(24-5-2)25-18-20-12-14-21(15-13-20)19-27-17-10-11-22(27)28;/h4,12-15H,1,5-11,16-19H2,2-3H3,(H,24,25);1H. The van der Waals surface area contributed by atoms with Crippen molar-refractivity contribution in [2.75, 3.05) is 26.7 Å². The van der Waals surface area contributed by atoms with Gasteiger partial charge >= 0.3 is 0 Å². The number of unbranched alkanes of at least 4 members (excludes halogenated alkanes) is 3. The molecular weight excluding hydrogens is 475 g/mol. The van der Waals surface area contributed by atoms with Crippen LogP contribution >= 0.6 is 24.0 Å². The van der Waals surface area contributed by atoms with E-state index in [0.29, 0.717) is 13.0 Å². The van der Waals surface area contributed by atoms with E-state index in [0.717, 1.165) is 45.0 Å². The molecule has 1 aromatic carbocycles. The first-order valence-corrected chi connectivity index (χ1v) is 10.6. The third kappa shape index (κ3) is 9.19. The van der Waals surface area contributed by atoms with Crippen LogP contribution in [0.25, 0.3) is 0 Å². The van der Waals surface area contributed by atoms with Gasteiger partial charge in [0, 0.05) is 39.6 Å². The van der Waals surface area contributed by atoms with Gasteiger partial charge < -0.3 is 15.1 Å². The van der Waals surface area contributed by atoms with Gasteiger partial charge in [-0.2, -0.15) is 0 Å². The van der Waals surface area contributed by atoms with Crippen molar-refractivity contribution >= 4 is 35.8 Å². The van der Waals surface area contributed by atoms with E-state index in [1.165, 1.54) is 30.4 Å². The third-order valence-electron chi connectivity index (χ3n) is 5.08. The molecule has 1 aliphatic rings. The zero-order valence-corrected chi connectivity index (χ0v) is 20.4. The summed E-state index contributed by atoms with van der Waals surface area (Å²) in [5, 5.41) is 3.38. The predicted molar refractivity (Wildman–Crippen MR) is 133 cm³/mol. The van der Waals surface area contributed by atoms with E-state index in [1.807, 2.05) is 11.0 Å². The maximum atomic E-state index is 11.8. The topological polar surface area (TPSA) is 47.9 Å². The van der Waals surface area contributed by atoms with Crippen LogP contribution in [0.4, 0.5) is 0 Å². The molecule has 162 valence electrons. The fourth-order valence-electron chi connectivity index (χ4n) is 3.40. The summed E-state index contributed by atoms with van der Waals surface area (Å²) in [4.78, 5) is 20.7. The van der Waals surface area contributed by atoms with E-state index in [1.54, 1.807) is 0 Å². The first kappa shape index (κ1) is 25.5. The second kappa shape index (κ2) is 14.4. The van der Waals surface area contributed by atoms with Gasteiger partial charge in [-0.05, 0) is 43.7 Å². The molecule has 0 spiro atoms. The Morgan fingerprint density at radius 2 is 1.97 bits per heavy atom. The molecule has 0 aromatic heterocycles. The molecule has 1 heterocycles. The number of allylic oxidation sites excluding steroid dienone is 1. The lowest BCUT2D eigenvalue weighted by atomic mass is 10.1. The molecule has 1 fully saturated rings. The number of hydrogen-bond acceptors (Lipinski definition) is 2. The quantitative estimate of drug-likeness (QED) is 0.155. The number of hydrogen-bond donors (Lipinski definition) is 1. The average Bonchev–Trinajstić information content (AvgIpc) is 3.10. The van der Waals surface area contributed by atoms with Crippen LogP contribution < -0.4 is 5.32 Å². The number of aliphatic imine (C=N–C) groups is 1. The molecule has 1 saturated heterocycles. The molecule has 0 radical (unpaired) electrons. The van der Waals surface area contributed by atoms with Gasteiger partial charge in [-0.1, -0.05) is 36.8 Å². The zero-order chi connectivity index (χ0) is 20.2. The highest BCUT2D eigenvalue weighted by Gasteiger charge is 2.19. The average molecular weight is 512 g/mol. The van der Waals surface area contributed by atoms with Crippen molar-refractivity contribution in [1.82, 2.24) is 15.1 Å². The van der Waals surface area contributed by atoms with Crippen molar-refractivity contribution in [3.63, 3.8) is 0 Å². The Kier molecular flexibility index (Phi) is 12.7. The van der Waals surface area contributed by atoms with Gasteiger partial charge in [0.05, 0.1) is 6.54 Å². The summed E-state index contributed by atoms with van der Waals surface area (Å²) in [6.07, 6.45) is 8.36. The van der Waals surface area contributed by atoms with E-state index in [4.69, 9.17) is 4.99 Å². The Morgan fingerprint density at radius 1 is 1.24 bits per heavy atom. The number of amides is 1. The lowest BCUT2D eigenvalue weighted by Gasteiger charge is -2.22. The summed E-state index contributed by atoms with van der Waals surface area (Å²) in [6, 6.07) is 8.48. The molecule has 1 aliphatic heterocycles. The monoisotopic (exact) mass is 512 g/mol. The van der Waals surface area contributed by atoms with Crippen LogP contribution in [0.5, 0.6) is 0 Å². The summed E-state index contributed by atoms with van der Waals surface area (Å²) < 4.78 is 0. The molecule has 0 unspecified atom stereocenters. The second-order valence-corrected chi connectivity index (χ2v) is 7.47. The highest BCUT2D eigenvalue weighted by molar-refractivity contribution is 14.0. The van der Waals surface area contributed by atoms with Gasteiger partial charge in [-0.25, -0.2) is 4.99 Å². The summed E-state index contributed by atoms with van der Waals surface area (Å²) in [5.74, 6) is 1.23. The number of halogens is 1. The molecule has 5 nitrogen and oxygen atoms in total. The van der Waals surface area contributed by atoms with Crippen LogP contribution in [-0.4, -0.2) is 48.3 Å². The van der Waals surface area contributed by atoms with Gasteiger partial charge in [0.1, 0.15) is 0 Å². The van der Waals surface area contributed by atoms with Crippen molar-refractivity contribution in [3.8, 4) is 0 Å². The molecule has 6 heteroatoms. The Balaban J connectivity index is 0.00000420. The van der Waals surface area contributed by atoms with Gasteiger partial charge in [0.15, 0.2) is 5.96 Å². The van der Waals surface area contributed by atoms with Gasteiger partial charge in [0.2, 0.25) is 5.91 Å². The Bertz CT molecular complexity index is 645. The molecule has 1 amide bonds. The molecule has 0 aliphatic carbocycles. The molecule has 0 saturated carbocycles. The normalized spacial score (nSPS) is 13.9. The summed E-state index contributed by atoms with van der Waals surface area (Å²) in [7, 11) is 2.10. The summed E-state index contributed by atoms with van der Waals surface area (Å²) in [6.45, 7) is 10.0. The second-order valence-electron chi connectivity index (χ2n) is 7.47. The number of carbonyl (C=O) groups is 1. The fraction of sp³-hybridized carbons (Fsp3) is 0.565. The Hall–Kier alpha value is -1.57. The van der Waals surface area contributed by atoms with Crippen molar-refractivity contribution in [3.05, 3.63) is 48.0 Å². The number of nitrogens with zero attached hydrogens (tertiary/aromatic N) is 3. The molecule has 0 bridgehead atoms. The SMILES string of the molecule is C=CCCCCCN(C)C(=NCc1ccc(CN2CCCC2=O)cc1)NCC.I. The minimum atomic E-state index is 0. The maximum Gasteiger partial charge on any atom is 0.222 e. The molecule has 0 atom stereocenters. The Morgan fingerprint density at radius 3 is 2.59 bits per heavy atom. The fourth-order valence-corrected chi connectivity index (χ4v) is 3.40. The molecule has 2 rings (SSSR count). The van der Waals surface area contributed by atoms with Crippen molar-refractivity contribution < 1.29 is 4.79 Å². The van der Waals surface area contributed by atoms with E-state index in [9.17, 15) is 4.79 Å². The smallest absolute Gasteiger partial charge is 0.222 e. The number of benzene rings is 1. The minimum absolute atomic E-state index is 0. The van der Waals surface area contributed by atoms with Crippen LogP contribution in [0.3, 0.4) is 0 Å². The third-order valence-corrected chi connectivity index (χ3v) is 5.08. The molecule has 29 heavy (non-hydrogen) atoms. The minimum Gasteiger partial charge on any atom is -0.357 e. The summed E-state index contributed by atoms with van der Waals surface area (Å²) >= 11 is 0. The van der Waals surface area contributed by atoms with Crippen LogP contribution in [-0.2, 0) is 17.9 Å². The highest BCUT2D eigenvalue weighted by atomic mass is 127. The number of rotatable bonds is 11. The van der Waals surface area contributed by atoms with Crippen LogP contribution in [0, 0.1) is 0 Å². The van der Waals surface area contributed by atoms with Gasteiger partial charge in [-0.15, -0.1) is 30.6 Å². The zero-order valence-electron chi connectivity index (χ0n) is 18.0. The number of nitrogens with one attached hydrogen (secondary N) is 1. The largest absolute Gasteiger partial charge is 0.357 e. The molecule has 1 N–H and O–H groups in total. The predicted octanol–water partition coefficient (Wildman–Crippen LogP) is 4.57. The van der Waals surface area contributed by atoms with E-state index < -0.39 is 0 Å². The van der Waals surface area contributed by atoms with E-state index >= 15 is 0 Å². The highest BCUT2D eigenvalue weighted by Crippen LogP contribution is 2.15. The Labute approximate surface area is 193 Å². The van der Waals surface area contributed by atoms with Gasteiger partial charge in [-0.3, -0.25) is 4.79 Å². The van der Waals surface area contributed by atoms with Gasteiger partial charge in [0.25, 0.3) is 0 Å². The van der Waals surface area contributed by atoms with Crippen molar-refractivity contribution in [2.45, 2.75) is 58.5 Å². The maximum absolute atomic E-state index is 11.8. The number of likely N-dealkylation sites (tertiary alicyclic amines) is 1. The summed E-state index contributed by atoms with van der Waals surface area (Å²) in [5.41, 5.74) is 2.37. The van der Waals surface area contributed by atoms with E-state index in [2.05, 4.69) is 55.0 Å².